The summed E-state index contributed by atoms with van der Waals surface area (Å²) in [4.78, 5) is 2.35. The van der Waals surface area contributed by atoms with E-state index in [0.29, 0.717) is 0 Å². The van der Waals surface area contributed by atoms with Gasteiger partial charge in [0, 0.05) is 39.7 Å². The van der Waals surface area contributed by atoms with Gasteiger partial charge in [0.05, 0.1) is 66.8 Å². The van der Waals surface area contributed by atoms with E-state index in [1.807, 2.05) is 12.1 Å². The highest BCUT2D eigenvalue weighted by Gasteiger charge is 2.52. The van der Waals surface area contributed by atoms with Gasteiger partial charge >= 0.3 is 0 Å². The minimum absolute atomic E-state index is 0.731. The number of rotatable bonds is 2. The van der Waals surface area contributed by atoms with E-state index in [1.54, 1.807) is 0 Å². The first kappa shape index (κ1) is 30.4. The van der Waals surface area contributed by atoms with Crippen LogP contribution in [0.3, 0.4) is 0 Å². The van der Waals surface area contributed by atoms with Crippen LogP contribution in [0.2, 0.25) is 0 Å². The largest absolute Gasteiger partial charge is 0.456 e. The third-order valence-electron chi connectivity index (χ3n) is 12.2. The van der Waals surface area contributed by atoms with E-state index >= 15 is 0 Å². The minimum atomic E-state index is -2.79. The van der Waals surface area contributed by atoms with Gasteiger partial charge in [-0.1, -0.05) is 90.7 Å². The quantitative estimate of drug-likeness (QED) is 0.164. The zero-order valence-corrected chi connectivity index (χ0v) is 32.1. The van der Waals surface area contributed by atoms with Gasteiger partial charge in [-0.2, -0.15) is 0 Å². The van der Waals surface area contributed by atoms with Crippen molar-refractivity contribution in [2.45, 2.75) is 6.92 Å². The fourth-order valence-electron chi connectivity index (χ4n) is 10.0. The van der Waals surface area contributed by atoms with Gasteiger partial charge in [0.15, 0.2) is 11.5 Å². The van der Waals surface area contributed by atoms with E-state index in [4.69, 9.17) is 26.0 Å². The second-order valence-corrected chi connectivity index (χ2v) is 19.5. The molecule has 0 radical (unpaired) electrons. The third-order valence-corrected chi connectivity index (χ3v) is 17.1. The predicted octanol–water partition coefficient (Wildman–Crippen LogP) is 12.0. The minimum Gasteiger partial charge on any atom is -0.456 e. The van der Waals surface area contributed by atoms with Crippen molar-refractivity contribution in [2.75, 3.05) is 4.90 Å². The van der Waals surface area contributed by atoms with Crippen LogP contribution in [0.5, 0.6) is 34.5 Å². The van der Waals surface area contributed by atoms with Gasteiger partial charge in [-0.15, -0.1) is 0 Å². The zero-order valence-electron chi connectivity index (χ0n) is 30.4. The van der Waals surface area contributed by atoms with Crippen molar-refractivity contribution in [1.82, 2.24) is 9.13 Å². The first-order chi connectivity index (χ1) is 28.0. The second kappa shape index (κ2) is 10.3. The second-order valence-electron chi connectivity index (χ2n) is 15.3. The smallest absolute Gasteiger partial charge is 0.152 e. The average molecular weight is 770 g/mol. The highest BCUT2D eigenvalue weighted by Crippen LogP contribution is 2.68. The highest BCUT2D eigenvalue weighted by molar-refractivity contribution is 8.26. The number of fused-ring (bicyclic) bond motifs is 9. The van der Waals surface area contributed by atoms with E-state index in [-0.39, 0.29) is 0 Å². The lowest BCUT2D eigenvalue weighted by atomic mass is 10.1. The van der Waals surface area contributed by atoms with Crippen LogP contribution in [0.25, 0.3) is 55.0 Å². The molecule has 8 aromatic carbocycles. The van der Waals surface area contributed by atoms with E-state index in [0.717, 1.165) is 106 Å². The Balaban J connectivity index is 1.11. The Morgan fingerprint density at radius 1 is 0.421 bits per heavy atom. The Kier molecular flexibility index (Phi) is 5.52. The van der Waals surface area contributed by atoms with E-state index in [1.165, 1.54) is 21.5 Å². The molecule has 1 atom stereocenters. The van der Waals surface area contributed by atoms with Gasteiger partial charge in [-0.05, 0) is 67.1 Å². The highest BCUT2D eigenvalue weighted by atomic mass is 32.4. The van der Waals surface area contributed by atoms with Gasteiger partial charge in [-0.3, -0.25) is 0 Å². The molecule has 4 aliphatic rings. The van der Waals surface area contributed by atoms with Gasteiger partial charge in [0.25, 0.3) is 0 Å². The standard InChI is InChI=1S/C49H28N3O3PS/c1-27-18-19-38-42(22-27)53-40-20-21-41-49-46(40)52(38)39-23-28(50-34-14-6-2-10-30(34)31-11-3-7-15-35(31)50)24-43-47(39)56(49,57)48-44(54-41)25-29(26-45(48)55-43)51-36-16-8-4-12-32(36)33-13-5-9-17-37(33)51/h2-26H,1H3. The molecule has 0 bridgehead atoms. The molecule has 0 amide bonds. The van der Waals surface area contributed by atoms with Gasteiger partial charge in [0.2, 0.25) is 0 Å². The molecule has 0 N–H and O–H groups in total. The Morgan fingerprint density at radius 3 is 1.47 bits per heavy atom. The monoisotopic (exact) mass is 769 g/mol. The Labute approximate surface area is 331 Å². The first-order valence-corrected chi connectivity index (χ1v) is 21.9. The van der Waals surface area contributed by atoms with Crippen LogP contribution in [0, 0.1) is 6.92 Å². The summed E-state index contributed by atoms with van der Waals surface area (Å²) < 4.78 is 25.8. The molecule has 0 saturated carbocycles. The van der Waals surface area contributed by atoms with Crippen molar-refractivity contribution in [3.8, 4) is 45.9 Å². The number of para-hydroxylation sites is 4. The van der Waals surface area contributed by atoms with Crippen LogP contribution < -0.4 is 35.0 Å². The number of nitrogens with zero attached hydrogens (tertiary/aromatic N) is 3. The SMILES string of the molecule is Cc1ccc2c(c1)Oc1ccc3c4c1N2c1cc(-n2c5ccccc5c5ccccc52)cc2c1P4(=S)c1c(cc(-n4c5ccccc5c5ccccc54)cc1O3)O2. The van der Waals surface area contributed by atoms with E-state index in [2.05, 4.69) is 160 Å². The van der Waals surface area contributed by atoms with Crippen LogP contribution in [0.4, 0.5) is 17.1 Å². The van der Waals surface area contributed by atoms with Crippen molar-refractivity contribution in [1.29, 1.82) is 0 Å². The maximum atomic E-state index is 7.28. The Hall–Kier alpha value is -6.79. The molecule has 0 saturated heterocycles. The number of hydrogen-bond acceptors (Lipinski definition) is 5. The molecule has 10 aromatic rings. The number of ether oxygens (including phenoxy) is 3. The van der Waals surface area contributed by atoms with E-state index in [9.17, 15) is 0 Å². The van der Waals surface area contributed by atoms with Crippen molar-refractivity contribution in [2.24, 2.45) is 0 Å². The van der Waals surface area contributed by atoms with Crippen LogP contribution in [-0.4, -0.2) is 9.13 Å². The molecular formula is C49H28N3O3PS. The Morgan fingerprint density at radius 2 is 0.895 bits per heavy atom. The van der Waals surface area contributed by atoms with Crippen LogP contribution in [-0.2, 0) is 11.8 Å². The van der Waals surface area contributed by atoms with Crippen LogP contribution in [0.15, 0.2) is 152 Å². The number of benzene rings is 8. The van der Waals surface area contributed by atoms with Gasteiger partial charge in [0.1, 0.15) is 28.7 Å². The van der Waals surface area contributed by atoms with Crippen molar-refractivity contribution >= 4 is 94.4 Å². The summed E-state index contributed by atoms with van der Waals surface area (Å²) in [6.07, 6.45) is 0. The molecule has 0 aliphatic carbocycles. The first-order valence-electron chi connectivity index (χ1n) is 19.1. The summed E-state index contributed by atoms with van der Waals surface area (Å²) in [6.45, 7) is 2.10. The summed E-state index contributed by atoms with van der Waals surface area (Å²) in [5, 5.41) is 7.80. The number of aromatic nitrogens is 2. The van der Waals surface area contributed by atoms with Crippen molar-refractivity contribution < 1.29 is 14.2 Å². The Bertz CT molecular complexity index is 3480. The molecule has 57 heavy (non-hydrogen) atoms. The molecule has 6 nitrogen and oxygen atoms in total. The molecule has 2 aromatic heterocycles. The topological polar surface area (TPSA) is 40.8 Å². The maximum Gasteiger partial charge on any atom is 0.152 e. The van der Waals surface area contributed by atoms with Crippen LogP contribution >= 0.6 is 6.04 Å². The predicted molar refractivity (Wildman–Crippen MR) is 234 cm³/mol. The fraction of sp³-hybridized carbons (Fsp3) is 0.0204. The number of aryl methyl sites for hydroxylation is 1. The summed E-state index contributed by atoms with van der Waals surface area (Å²) in [6, 6.07) is 51.0. The van der Waals surface area contributed by atoms with Gasteiger partial charge in [-0.25, -0.2) is 0 Å². The molecule has 268 valence electrons. The van der Waals surface area contributed by atoms with Crippen LogP contribution in [0.1, 0.15) is 5.56 Å². The fourth-order valence-corrected chi connectivity index (χ4v) is 15.0. The average Bonchev–Trinajstić information content (AvgIpc) is 3.75. The summed E-state index contributed by atoms with van der Waals surface area (Å²) in [7, 11) is 0. The lowest BCUT2D eigenvalue weighted by Crippen LogP contribution is -2.43. The molecular weight excluding hydrogens is 742 g/mol. The molecule has 0 spiro atoms. The third kappa shape index (κ3) is 3.66. The zero-order chi connectivity index (χ0) is 37.3. The molecule has 0 fully saturated rings. The van der Waals surface area contributed by atoms with Gasteiger partial charge < -0.3 is 28.2 Å². The number of anilines is 3. The molecule has 8 heteroatoms. The molecule has 14 rings (SSSR count). The summed E-state index contributed by atoms with van der Waals surface area (Å²) in [5.74, 6) is 4.59. The lowest BCUT2D eigenvalue weighted by Gasteiger charge is -2.47. The molecule has 6 heterocycles. The normalized spacial score (nSPS) is 16.3. The molecule has 1 unspecified atom stereocenters. The van der Waals surface area contributed by atoms with Crippen molar-refractivity contribution in [3.63, 3.8) is 0 Å². The maximum absolute atomic E-state index is 7.28. The van der Waals surface area contributed by atoms with E-state index < -0.39 is 6.04 Å². The summed E-state index contributed by atoms with van der Waals surface area (Å²) in [5.41, 5.74) is 10.5. The van der Waals surface area contributed by atoms with Crippen molar-refractivity contribution in [3.05, 3.63) is 157 Å². The number of hydrogen-bond donors (Lipinski definition) is 0. The molecule has 4 aliphatic heterocycles. The lowest BCUT2D eigenvalue weighted by molar-refractivity contribution is 0.458. The summed E-state index contributed by atoms with van der Waals surface area (Å²) >= 11 is 7.24.